The van der Waals surface area contributed by atoms with Crippen LogP contribution in [0.1, 0.15) is 59.8 Å². The van der Waals surface area contributed by atoms with Crippen molar-refractivity contribution in [1.82, 2.24) is 0 Å². The van der Waals surface area contributed by atoms with Gasteiger partial charge in [-0.3, -0.25) is 0 Å². The summed E-state index contributed by atoms with van der Waals surface area (Å²) in [5.74, 6) is 0. The standard InChI is InChI=1S/C17H30N2S/c1-6-9-16(18)12-11-15(8-3)13-19-17(10-7-2)20-14(4)5/h8,10,13,16H,4,6-7,9,11-12,18H2,1-3,5H3/b15-8-,17-10+,19-13+/t16-/m1/s1. The lowest BCUT2D eigenvalue weighted by Crippen LogP contribution is -2.19. The first-order chi connectivity index (χ1) is 9.53. The third kappa shape index (κ3) is 10.0. The average Bonchev–Trinajstić information content (AvgIpc) is 2.38. The van der Waals surface area contributed by atoms with E-state index in [2.05, 4.69) is 44.5 Å². The Morgan fingerprint density at radius 3 is 2.55 bits per heavy atom. The van der Waals surface area contributed by atoms with E-state index in [1.54, 1.807) is 11.8 Å². The highest BCUT2D eigenvalue weighted by Crippen LogP contribution is 2.25. The summed E-state index contributed by atoms with van der Waals surface area (Å²) in [5.41, 5.74) is 7.31. The maximum atomic E-state index is 6.06. The van der Waals surface area contributed by atoms with E-state index < -0.39 is 0 Å². The molecule has 3 heteroatoms. The first-order valence-electron chi connectivity index (χ1n) is 7.51. The molecule has 0 spiro atoms. The lowest BCUT2D eigenvalue weighted by atomic mass is 10.0. The third-order valence-corrected chi connectivity index (χ3v) is 3.68. The predicted octanol–water partition coefficient (Wildman–Crippen LogP) is 5.43. The van der Waals surface area contributed by atoms with Gasteiger partial charge in [-0.05, 0) is 50.0 Å². The van der Waals surface area contributed by atoms with Crippen LogP contribution < -0.4 is 5.73 Å². The fourth-order valence-corrected chi connectivity index (χ4v) is 2.48. The van der Waals surface area contributed by atoms with E-state index >= 15 is 0 Å². The maximum absolute atomic E-state index is 6.06. The van der Waals surface area contributed by atoms with Crippen molar-refractivity contribution in [3.8, 4) is 0 Å². The van der Waals surface area contributed by atoms with Crippen LogP contribution in [0.2, 0.25) is 0 Å². The highest BCUT2D eigenvalue weighted by molar-refractivity contribution is 8.06. The van der Waals surface area contributed by atoms with Gasteiger partial charge >= 0.3 is 0 Å². The van der Waals surface area contributed by atoms with Crippen molar-refractivity contribution in [2.45, 2.75) is 65.8 Å². The summed E-state index contributed by atoms with van der Waals surface area (Å²) in [6, 6.07) is 0.304. The van der Waals surface area contributed by atoms with Crippen LogP contribution in [0, 0.1) is 0 Å². The second kappa shape index (κ2) is 12.0. The molecule has 0 radical (unpaired) electrons. The smallest absolute Gasteiger partial charge is 0.0964 e. The van der Waals surface area contributed by atoms with Crippen LogP contribution in [-0.4, -0.2) is 12.3 Å². The van der Waals surface area contributed by atoms with Gasteiger partial charge in [0.05, 0.1) is 5.03 Å². The molecule has 0 bridgehead atoms. The quantitative estimate of drug-likeness (QED) is 0.546. The van der Waals surface area contributed by atoms with Crippen LogP contribution in [0.25, 0.3) is 0 Å². The van der Waals surface area contributed by atoms with Crippen molar-refractivity contribution < 1.29 is 0 Å². The minimum Gasteiger partial charge on any atom is -0.328 e. The lowest BCUT2D eigenvalue weighted by molar-refractivity contribution is 0.563. The van der Waals surface area contributed by atoms with E-state index in [1.165, 1.54) is 5.57 Å². The van der Waals surface area contributed by atoms with Crippen LogP contribution in [0.15, 0.2) is 39.2 Å². The first-order valence-corrected chi connectivity index (χ1v) is 8.33. The normalized spacial score (nSPS) is 14.8. The Morgan fingerprint density at radius 2 is 2.05 bits per heavy atom. The highest BCUT2D eigenvalue weighted by Gasteiger charge is 2.02. The number of nitrogens with zero attached hydrogens (tertiary/aromatic N) is 1. The van der Waals surface area contributed by atoms with Gasteiger partial charge in [-0.2, -0.15) is 0 Å². The monoisotopic (exact) mass is 294 g/mol. The van der Waals surface area contributed by atoms with E-state index in [-0.39, 0.29) is 0 Å². The summed E-state index contributed by atoms with van der Waals surface area (Å²) >= 11 is 1.63. The van der Waals surface area contributed by atoms with E-state index in [0.29, 0.717) is 6.04 Å². The Kier molecular flexibility index (Phi) is 11.5. The van der Waals surface area contributed by atoms with Crippen LogP contribution in [0.5, 0.6) is 0 Å². The summed E-state index contributed by atoms with van der Waals surface area (Å²) in [7, 11) is 0. The SMILES string of the molecule is C=C(C)SC(=C/CC)/N=C/C(=C\C)CC[C@H](N)CCC. The molecule has 0 rings (SSSR count). The first kappa shape index (κ1) is 19.2. The van der Waals surface area contributed by atoms with Crippen molar-refractivity contribution in [3.05, 3.63) is 34.2 Å². The number of hydrogen-bond donors (Lipinski definition) is 1. The summed E-state index contributed by atoms with van der Waals surface area (Å²) in [5, 5.41) is 1.03. The molecule has 0 aliphatic carbocycles. The van der Waals surface area contributed by atoms with Gasteiger partial charge < -0.3 is 5.73 Å². The van der Waals surface area contributed by atoms with Gasteiger partial charge in [0, 0.05) is 12.3 Å². The Hall–Kier alpha value is -0.800. The molecule has 0 aromatic heterocycles. The van der Waals surface area contributed by atoms with Gasteiger partial charge in [-0.1, -0.05) is 50.8 Å². The molecular weight excluding hydrogens is 264 g/mol. The highest BCUT2D eigenvalue weighted by atomic mass is 32.2. The summed E-state index contributed by atoms with van der Waals surface area (Å²) in [4.78, 5) is 5.64. The summed E-state index contributed by atoms with van der Waals surface area (Å²) in [6.07, 6.45) is 11.5. The van der Waals surface area contributed by atoms with Crippen molar-refractivity contribution in [3.63, 3.8) is 0 Å². The number of allylic oxidation sites excluding steroid dienone is 4. The molecule has 2 N–H and O–H groups in total. The molecule has 0 aliphatic rings. The summed E-state index contributed by atoms with van der Waals surface area (Å²) < 4.78 is 0. The number of aliphatic imine (C=N–C) groups is 1. The second-order valence-electron chi connectivity index (χ2n) is 4.96. The Bertz CT molecular complexity index is 367. The van der Waals surface area contributed by atoms with Gasteiger partial charge in [-0.25, -0.2) is 4.99 Å². The van der Waals surface area contributed by atoms with Crippen LogP contribution >= 0.6 is 11.8 Å². The average molecular weight is 295 g/mol. The Morgan fingerprint density at radius 1 is 1.35 bits per heavy atom. The van der Waals surface area contributed by atoms with Crippen molar-refractivity contribution in [2.24, 2.45) is 10.7 Å². The molecule has 0 aromatic rings. The van der Waals surface area contributed by atoms with Gasteiger partial charge in [0.15, 0.2) is 0 Å². The largest absolute Gasteiger partial charge is 0.328 e. The number of nitrogens with two attached hydrogens (primary N) is 1. The van der Waals surface area contributed by atoms with Crippen LogP contribution in [0.3, 0.4) is 0 Å². The molecule has 0 heterocycles. The lowest BCUT2D eigenvalue weighted by Gasteiger charge is -2.10. The van der Waals surface area contributed by atoms with E-state index in [9.17, 15) is 0 Å². The minimum absolute atomic E-state index is 0.304. The minimum atomic E-state index is 0.304. The van der Waals surface area contributed by atoms with Gasteiger partial charge in [0.2, 0.25) is 0 Å². The van der Waals surface area contributed by atoms with Crippen molar-refractivity contribution in [1.29, 1.82) is 0 Å². The molecule has 0 unspecified atom stereocenters. The Labute approximate surface area is 129 Å². The molecule has 0 saturated carbocycles. The zero-order chi connectivity index (χ0) is 15.4. The zero-order valence-corrected chi connectivity index (χ0v) is 14.3. The molecule has 114 valence electrons. The topological polar surface area (TPSA) is 38.4 Å². The molecule has 0 aromatic carbocycles. The van der Waals surface area contributed by atoms with Gasteiger partial charge in [0.25, 0.3) is 0 Å². The number of thioether (sulfide) groups is 1. The molecule has 20 heavy (non-hydrogen) atoms. The third-order valence-electron chi connectivity index (χ3n) is 2.85. The van der Waals surface area contributed by atoms with Crippen LogP contribution in [0.4, 0.5) is 0 Å². The Balaban J connectivity index is 4.49. The predicted molar refractivity (Wildman–Crippen MR) is 95.1 cm³/mol. The van der Waals surface area contributed by atoms with E-state index in [1.807, 2.05) is 13.1 Å². The molecule has 0 aliphatic heterocycles. The summed E-state index contributed by atoms with van der Waals surface area (Å²) in [6.45, 7) is 12.3. The fourth-order valence-electron chi connectivity index (χ4n) is 1.77. The fraction of sp³-hybridized carbons (Fsp3) is 0.588. The molecule has 2 nitrogen and oxygen atoms in total. The van der Waals surface area contributed by atoms with Crippen molar-refractivity contribution in [2.75, 3.05) is 0 Å². The molecule has 0 saturated heterocycles. The van der Waals surface area contributed by atoms with Gasteiger partial charge in [-0.15, -0.1) is 0 Å². The molecule has 0 amide bonds. The molecule has 0 fully saturated rings. The van der Waals surface area contributed by atoms with Crippen LogP contribution in [-0.2, 0) is 0 Å². The number of rotatable bonds is 10. The van der Waals surface area contributed by atoms with Crippen molar-refractivity contribution >= 4 is 18.0 Å². The van der Waals surface area contributed by atoms with E-state index in [4.69, 9.17) is 5.73 Å². The second-order valence-corrected chi connectivity index (χ2v) is 6.28. The maximum Gasteiger partial charge on any atom is 0.0964 e. The number of hydrogen-bond acceptors (Lipinski definition) is 3. The molecule has 1 atom stereocenters. The van der Waals surface area contributed by atoms with E-state index in [0.717, 1.165) is 42.0 Å². The molecular formula is C17H30N2S. The van der Waals surface area contributed by atoms with Gasteiger partial charge in [0.1, 0.15) is 0 Å². The zero-order valence-electron chi connectivity index (χ0n) is 13.5.